The molecule has 1 rings (SSSR count). The van der Waals surface area contributed by atoms with E-state index >= 15 is 0 Å². The minimum Gasteiger partial charge on any atom is -0.480 e. The van der Waals surface area contributed by atoms with E-state index in [2.05, 4.69) is 20.0 Å². The normalized spacial score (nSPS) is 11.7. The molecular weight excluding hydrogens is 250 g/mol. The zero-order valence-corrected chi connectivity index (χ0v) is 10.9. The molecule has 0 aliphatic rings. The van der Waals surface area contributed by atoms with Gasteiger partial charge in [0.15, 0.2) is 5.69 Å². The molecule has 0 amide bonds. The number of esters is 1. The van der Waals surface area contributed by atoms with Crippen LogP contribution in [0.2, 0.25) is 0 Å². The summed E-state index contributed by atoms with van der Waals surface area (Å²) in [6, 6.07) is -0.748. The van der Waals surface area contributed by atoms with Gasteiger partial charge in [0, 0.05) is 0 Å². The third kappa shape index (κ3) is 4.53. The second-order valence-electron chi connectivity index (χ2n) is 3.96. The number of ether oxygens (including phenoxy) is 1. The first-order valence-electron chi connectivity index (χ1n) is 5.98. The van der Waals surface area contributed by atoms with Crippen LogP contribution in [0, 0.1) is 0 Å². The van der Waals surface area contributed by atoms with Gasteiger partial charge in [-0.2, -0.15) is 0 Å². The number of unbranched alkanes of at least 4 members (excludes halogenated alkanes) is 1. The largest absolute Gasteiger partial charge is 0.480 e. The number of carbonyl (C=O) groups excluding carboxylic acids is 1. The SMILES string of the molecule is CCCCC(Nc1cncc(C(=O)OC)n1)C(=O)O. The molecule has 1 aromatic heterocycles. The van der Waals surface area contributed by atoms with Gasteiger partial charge in [-0.1, -0.05) is 19.8 Å². The van der Waals surface area contributed by atoms with Gasteiger partial charge in [-0.05, 0) is 6.42 Å². The minimum absolute atomic E-state index is 0.0344. The molecule has 0 saturated heterocycles. The predicted octanol–water partition coefficient (Wildman–Crippen LogP) is 1.32. The summed E-state index contributed by atoms with van der Waals surface area (Å²) in [6.45, 7) is 1.98. The van der Waals surface area contributed by atoms with Crippen LogP contribution in [0.3, 0.4) is 0 Å². The van der Waals surface area contributed by atoms with Crippen molar-refractivity contribution in [1.82, 2.24) is 9.97 Å². The van der Waals surface area contributed by atoms with Crippen LogP contribution in [0.5, 0.6) is 0 Å². The highest BCUT2D eigenvalue weighted by Gasteiger charge is 2.18. The first-order valence-corrected chi connectivity index (χ1v) is 5.98. The molecule has 0 fully saturated rings. The van der Waals surface area contributed by atoms with E-state index in [4.69, 9.17) is 5.11 Å². The molecule has 104 valence electrons. The monoisotopic (exact) mass is 267 g/mol. The fourth-order valence-corrected chi connectivity index (χ4v) is 1.48. The van der Waals surface area contributed by atoms with Crippen LogP contribution in [0.15, 0.2) is 12.4 Å². The number of aromatic nitrogens is 2. The van der Waals surface area contributed by atoms with Crippen molar-refractivity contribution in [2.45, 2.75) is 32.2 Å². The summed E-state index contributed by atoms with van der Waals surface area (Å²) >= 11 is 0. The molecule has 0 spiro atoms. The smallest absolute Gasteiger partial charge is 0.358 e. The molecule has 7 heteroatoms. The third-order valence-electron chi connectivity index (χ3n) is 2.50. The van der Waals surface area contributed by atoms with Gasteiger partial charge < -0.3 is 15.2 Å². The van der Waals surface area contributed by atoms with Crippen molar-refractivity contribution in [3.8, 4) is 0 Å². The lowest BCUT2D eigenvalue weighted by Crippen LogP contribution is -2.29. The second-order valence-corrected chi connectivity index (χ2v) is 3.96. The molecule has 19 heavy (non-hydrogen) atoms. The van der Waals surface area contributed by atoms with Crippen molar-refractivity contribution >= 4 is 17.8 Å². The number of carboxylic acid groups (broad SMARTS) is 1. The Morgan fingerprint density at radius 3 is 2.79 bits per heavy atom. The van der Waals surface area contributed by atoms with E-state index in [1.807, 2.05) is 6.92 Å². The predicted molar refractivity (Wildman–Crippen MR) is 67.9 cm³/mol. The van der Waals surface area contributed by atoms with E-state index in [9.17, 15) is 9.59 Å². The first kappa shape index (κ1) is 14.9. The van der Waals surface area contributed by atoms with Crippen LogP contribution in [-0.2, 0) is 9.53 Å². The van der Waals surface area contributed by atoms with Crippen molar-refractivity contribution in [3.05, 3.63) is 18.1 Å². The molecule has 0 bridgehead atoms. The Hall–Kier alpha value is -2.18. The molecule has 7 nitrogen and oxygen atoms in total. The lowest BCUT2D eigenvalue weighted by molar-refractivity contribution is -0.138. The number of hydrogen-bond acceptors (Lipinski definition) is 6. The van der Waals surface area contributed by atoms with E-state index in [0.29, 0.717) is 6.42 Å². The van der Waals surface area contributed by atoms with E-state index < -0.39 is 18.0 Å². The van der Waals surface area contributed by atoms with Gasteiger partial charge in [0.2, 0.25) is 0 Å². The molecule has 1 aromatic rings. The molecule has 0 aromatic carbocycles. The number of carbonyl (C=O) groups is 2. The second kappa shape index (κ2) is 7.30. The molecule has 0 saturated carbocycles. The van der Waals surface area contributed by atoms with Crippen LogP contribution in [0.1, 0.15) is 36.7 Å². The number of aliphatic carboxylic acids is 1. The van der Waals surface area contributed by atoms with Crippen molar-refractivity contribution in [2.24, 2.45) is 0 Å². The number of anilines is 1. The Morgan fingerprint density at radius 1 is 1.47 bits per heavy atom. The third-order valence-corrected chi connectivity index (χ3v) is 2.50. The summed E-state index contributed by atoms with van der Waals surface area (Å²) in [5.41, 5.74) is 0.0344. The number of nitrogens with one attached hydrogen (secondary N) is 1. The van der Waals surface area contributed by atoms with Gasteiger partial charge in [0.05, 0.1) is 19.5 Å². The highest BCUT2D eigenvalue weighted by molar-refractivity contribution is 5.87. The zero-order valence-electron chi connectivity index (χ0n) is 10.9. The van der Waals surface area contributed by atoms with Gasteiger partial charge in [-0.25, -0.2) is 14.6 Å². The Labute approximate surface area is 111 Å². The van der Waals surface area contributed by atoms with Crippen molar-refractivity contribution < 1.29 is 19.4 Å². The van der Waals surface area contributed by atoms with E-state index in [1.165, 1.54) is 19.5 Å². The summed E-state index contributed by atoms with van der Waals surface area (Å²) in [5, 5.41) is 11.8. The topological polar surface area (TPSA) is 101 Å². The molecule has 0 aliphatic carbocycles. The van der Waals surface area contributed by atoms with Gasteiger partial charge in [0.25, 0.3) is 0 Å². The van der Waals surface area contributed by atoms with Crippen molar-refractivity contribution in [1.29, 1.82) is 0 Å². The van der Waals surface area contributed by atoms with Crippen molar-refractivity contribution in [2.75, 3.05) is 12.4 Å². The van der Waals surface area contributed by atoms with Gasteiger partial charge in [-0.3, -0.25) is 4.98 Å². The van der Waals surface area contributed by atoms with Crippen LogP contribution in [0.25, 0.3) is 0 Å². The maximum absolute atomic E-state index is 11.3. The average Bonchev–Trinajstić information content (AvgIpc) is 2.42. The fourth-order valence-electron chi connectivity index (χ4n) is 1.48. The Morgan fingerprint density at radius 2 is 2.21 bits per heavy atom. The zero-order chi connectivity index (χ0) is 14.3. The van der Waals surface area contributed by atoms with E-state index in [-0.39, 0.29) is 11.5 Å². The summed E-state index contributed by atoms with van der Waals surface area (Å²) < 4.78 is 4.52. The molecule has 0 aliphatic heterocycles. The maximum Gasteiger partial charge on any atom is 0.358 e. The van der Waals surface area contributed by atoms with Gasteiger partial charge in [-0.15, -0.1) is 0 Å². The molecule has 2 N–H and O–H groups in total. The summed E-state index contributed by atoms with van der Waals surface area (Å²) in [7, 11) is 1.24. The standard InChI is InChI=1S/C12H17N3O4/c1-3-4-5-8(11(16)17)14-10-7-13-6-9(15-10)12(18)19-2/h6-8H,3-5H2,1-2H3,(H,14,15)(H,16,17). The number of hydrogen-bond donors (Lipinski definition) is 2. The summed E-state index contributed by atoms with van der Waals surface area (Å²) in [6.07, 6.45) is 4.80. The Bertz CT molecular complexity index is 450. The average molecular weight is 267 g/mol. The molecular formula is C12H17N3O4. The molecule has 0 radical (unpaired) electrons. The minimum atomic E-state index is -0.960. The first-order chi connectivity index (χ1) is 9.08. The number of methoxy groups -OCH3 is 1. The summed E-state index contributed by atoms with van der Waals surface area (Å²) in [5.74, 6) is -1.33. The van der Waals surface area contributed by atoms with Gasteiger partial charge >= 0.3 is 11.9 Å². The Balaban J connectivity index is 2.78. The van der Waals surface area contributed by atoms with Crippen molar-refractivity contribution in [3.63, 3.8) is 0 Å². The number of nitrogens with zero attached hydrogens (tertiary/aromatic N) is 2. The maximum atomic E-state index is 11.3. The molecule has 1 atom stereocenters. The molecule has 1 heterocycles. The van der Waals surface area contributed by atoms with Crippen LogP contribution >= 0.6 is 0 Å². The molecule has 1 unspecified atom stereocenters. The highest BCUT2D eigenvalue weighted by atomic mass is 16.5. The van der Waals surface area contributed by atoms with E-state index in [0.717, 1.165) is 12.8 Å². The Kier molecular flexibility index (Phi) is 5.72. The van der Waals surface area contributed by atoms with Gasteiger partial charge in [0.1, 0.15) is 11.9 Å². The number of carboxylic acids is 1. The lowest BCUT2D eigenvalue weighted by atomic mass is 10.1. The lowest BCUT2D eigenvalue weighted by Gasteiger charge is -2.14. The summed E-state index contributed by atoms with van der Waals surface area (Å²) in [4.78, 5) is 30.2. The quantitative estimate of drug-likeness (QED) is 0.718. The fraction of sp³-hybridized carbons (Fsp3) is 0.500. The van der Waals surface area contributed by atoms with Crippen LogP contribution in [0.4, 0.5) is 5.82 Å². The number of rotatable bonds is 7. The van der Waals surface area contributed by atoms with Crippen LogP contribution in [-0.4, -0.2) is 40.2 Å². The van der Waals surface area contributed by atoms with Crippen LogP contribution < -0.4 is 5.32 Å². The highest BCUT2D eigenvalue weighted by Crippen LogP contribution is 2.09. The van der Waals surface area contributed by atoms with E-state index in [1.54, 1.807) is 0 Å².